The fourth-order valence-electron chi connectivity index (χ4n) is 1.97. The summed E-state index contributed by atoms with van der Waals surface area (Å²) in [4.78, 5) is 0. The standard InChI is InChI=1S/C13H12N4/c14-7-10(8-15)6-12-9-16-17-13(12)11-4-2-1-3-5-11/h1-6,12-13,16-17H,9H2. The maximum atomic E-state index is 8.76. The van der Waals surface area contributed by atoms with Crippen molar-refractivity contribution < 1.29 is 0 Å². The minimum absolute atomic E-state index is 0.105. The highest BCUT2D eigenvalue weighted by Crippen LogP contribution is 2.26. The van der Waals surface area contributed by atoms with E-state index in [0.717, 1.165) is 5.56 Å². The molecule has 2 unspecified atom stereocenters. The largest absolute Gasteiger partial charge is 0.257 e. The number of nitrogens with one attached hydrogen (secondary N) is 2. The normalized spacial score (nSPS) is 22.5. The first-order valence-electron chi connectivity index (χ1n) is 5.40. The van der Waals surface area contributed by atoms with Crippen LogP contribution in [0.1, 0.15) is 11.6 Å². The Morgan fingerprint density at radius 3 is 2.59 bits per heavy atom. The highest BCUT2D eigenvalue weighted by Gasteiger charge is 2.26. The number of benzene rings is 1. The van der Waals surface area contributed by atoms with Gasteiger partial charge in [-0.25, -0.2) is 5.43 Å². The first-order valence-corrected chi connectivity index (χ1v) is 5.40. The van der Waals surface area contributed by atoms with Gasteiger partial charge in [0.15, 0.2) is 0 Å². The maximum Gasteiger partial charge on any atom is 0.126 e. The minimum atomic E-state index is 0.105. The monoisotopic (exact) mass is 224 g/mol. The van der Waals surface area contributed by atoms with Crippen molar-refractivity contribution in [2.24, 2.45) is 5.92 Å². The number of hydrazine groups is 1. The minimum Gasteiger partial charge on any atom is -0.257 e. The second-order valence-corrected chi connectivity index (χ2v) is 3.88. The second kappa shape index (κ2) is 5.27. The molecule has 4 nitrogen and oxygen atoms in total. The number of rotatable bonds is 2. The molecule has 1 aliphatic rings. The summed E-state index contributed by atoms with van der Waals surface area (Å²) in [6.07, 6.45) is 1.73. The first-order chi connectivity index (χ1) is 8.35. The van der Waals surface area contributed by atoms with Gasteiger partial charge >= 0.3 is 0 Å². The molecule has 1 heterocycles. The summed E-state index contributed by atoms with van der Waals surface area (Å²) in [6.45, 7) is 0.715. The average molecular weight is 224 g/mol. The summed E-state index contributed by atoms with van der Waals surface area (Å²) in [6, 6.07) is 13.9. The topological polar surface area (TPSA) is 71.6 Å². The fraction of sp³-hybridized carbons (Fsp3) is 0.231. The number of hydrogen-bond acceptors (Lipinski definition) is 4. The third-order valence-electron chi connectivity index (χ3n) is 2.80. The predicted octanol–water partition coefficient (Wildman–Crippen LogP) is 1.43. The molecule has 0 aliphatic carbocycles. The molecule has 1 aromatic rings. The van der Waals surface area contributed by atoms with E-state index < -0.39 is 0 Å². The van der Waals surface area contributed by atoms with Crippen LogP contribution in [0.25, 0.3) is 0 Å². The summed E-state index contributed by atoms with van der Waals surface area (Å²) >= 11 is 0. The molecule has 2 N–H and O–H groups in total. The number of hydrogen-bond donors (Lipinski definition) is 2. The number of nitrogens with zero attached hydrogens (tertiary/aromatic N) is 2. The van der Waals surface area contributed by atoms with E-state index in [1.807, 2.05) is 42.5 Å². The molecule has 0 amide bonds. The molecule has 0 bridgehead atoms. The van der Waals surface area contributed by atoms with Crippen molar-refractivity contribution in [1.82, 2.24) is 10.9 Å². The van der Waals surface area contributed by atoms with E-state index in [0.29, 0.717) is 6.54 Å². The van der Waals surface area contributed by atoms with Gasteiger partial charge in [-0.1, -0.05) is 30.3 Å². The van der Waals surface area contributed by atoms with Crippen LogP contribution in [0, 0.1) is 28.6 Å². The molecule has 0 radical (unpaired) electrons. The molecular weight excluding hydrogens is 212 g/mol. The Hall–Kier alpha value is -2.14. The zero-order valence-electron chi connectivity index (χ0n) is 9.22. The van der Waals surface area contributed by atoms with Crippen molar-refractivity contribution in [3.63, 3.8) is 0 Å². The van der Waals surface area contributed by atoms with Gasteiger partial charge in [-0.2, -0.15) is 10.5 Å². The SMILES string of the molecule is N#CC(C#N)=CC1CNNC1c1ccccc1. The Labute approximate surface area is 100 Å². The lowest BCUT2D eigenvalue weighted by Gasteiger charge is -2.15. The van der Waals surface area contributed by atoms with Gasteiger partial charge in [0.1, 0.15) is 17.7 Å². The lowest BCUT2D eigenvalue weighted by atomic mass is 9.93. The quantitative estimate of drug-likeness (QED) is 0.745. The molecule has 2 rings (SSSR count). The smallest absolute Gasteiger partial charge is 0.126 e. The van der Waals surface area contributed by atoms with E-state index in [9.17, 15) is 0 Å². The van der Waals surface area contributed by atoms with Crippen LogP contribution in [0.3, 0.4) is 0 Å². The van der Waals surface area contributed by atoms with Crippen LogP contribution in [-0.4, -0.2) is 6.54 Å². The summed E-state index contributed by atoms with van der Waals surface area (Å²) in [5.74, 6) is 0.117. The van der Waals surface area contributed by atoms with E-state index in [4.69, 9.17) is 10.5 Å². The Bertz CT molecular complexity index is 476. The average Bonchev–Trinajstić information content (AvgIpc) is 2.85. The fourth-order valence-corrected chi connectivity index (χ4v) is 1.97. The van der Waals surface area contributed by atoms with E-state index in [1.54, 1.807) is 6.08 Å². The predicted molar refractivity (Wildman–Crippen MR) is 63.1 cm³/mol. The van der Waals surface area contributed by atoms with Crippen molar-refractivity contribution >= 4 is 0 Å². The summed E-state index contributed by atoms with van der Waals surface area (Å²) in [7, 11) is 0. The molecular formula is C13H12N4. The lowest BCUT2D eigenvalue weighted by Crippen LogP contribution is -2.24. The van der Waals surface area contributed by atoms with E-state index >= 15 is 0 Å². The van der Waals surface area contributed by atoms with Crippen LogP contribution < -0.4 is 10.9 Å². The Kier molecular flexibility index (Phi) is 3.52. The van der Waals surface area contributed by atoms with Crippen LogP contribution in [0.15, 0.2) is 42.0 Å². The molecule has 1 aliphatic heterocycles. The van der Waals surface area contributed by atoms with Crippen molar-refractivity contribution in [3.05, 3.63) is 47.5 Å². The van der Waals surface area contributed by atoms with Crippen molar-refractivity contribution in [2.75, 3.05) is 6.54 Å². The van der Waals surface area contributed by atoms with Crippen molar-refractivity contribution in [2.45, 2.75) is 6.04 Å². The third-order valence-corrected chi connectivity index (χ3v) is 2.80. The zero-order chi connectivity index (χ0) is 12.1. The van der Waals surface area contributed by atoms with Gasteiger partial charge in [-0.15, -0.1) is 0 Å². The van der Waals surface area contributed by atoms with Crippen LogP contribution in [-0.2, 0) is 0 Å². The van der Waals surface area contributed by atoms with Crippen LogP contribution in [0.4, 0.5) is 0 Å². The highest BCUT2D eigenvalue weighted by molar-refractivity contribution is 5.37. The lowest BCUT2D eigenvalue weighted by molar-refractivity contribution is 0.539. The van der Waals surface area contributed by atoms with Crippen LogP contribution >= 0.6 is 0 Å². The number of allylic oxidation sites excluding steroid dienone is 1. The van der Waals surface area contributed by atoms with Crippen molar-refractivity contribution in [1.29, 1.82) is 10.5 Å². The van der Waals surface area contributed by atoms with Crippen molar-refractivity contribution in [3.8, 4) is 12.1 Å². The zero-order valence-corrected chi connectivity index (χ0v) is 9.22. The Morgan fingerprint density at radius 1 is 1.24 bits per heavy atom. The van der Waals surface area contributed by atoms with Gasteiger partial charge in [0.25, 0.3) is 0 Å². The summed E-state index contributed by atoms with van der Waals surface area (Å²) in [5.41, 5.74) is 7.54. The molecule has 1 fully saturated rings. The third kappa shape index (κ3) is 2.51. The maximum absolute atomic E-state index is 8.76. The molecule has 2 atom stereocenters. The van der Waals surface area contributed by atoms with Gasteiger partial charge in [0.05, 0.1) is 6.04 Å². The summed E-state index contributed by atoms with van der Waals surface area (Å²) < 4.78 is 0. The molecule has 84 valence electrons. The van der Waals surface area contributed by atoms with E-state index in [2.05, 4.69) is 10.9 Å². The van der Waals surface area contributed by atoms with Gasteiger partial charge < -0.3 is 0 Å². The van der Waals surface area contributed by atoms with E-state index in [1.165, 1.54) is 0 Å². The highest BCUT2D eigenvalue weighted by atomic mass is 15.4. The Morgan fingerprint density at radius 2 is 1.94 bits per heavy atom. The van der Waals surface area contributed by atoms with E-state index in [-0.39, 0.29) is 17.5 Å². The summed E-state index contributed by atoms with van der Waals surface area (Å²) in [5, 5.41) is 17.5. The van der Waals surface area contributed by atoms with Gasteiger partial charge in [0, 0.05) is 12.5 Å². The Balaban J connectivity index is 2.23. The molecule has 1 aromatic carbocycles. The molecule has 4 heteroatoms. The molecule has 17 heavy (non-hydrogen) atoms. The van der Waals surface area contributed by atoms with Gasteiger partial charge in [-0.3, -0.25) is 5.43 Å². The first kappa shape index (κ1) is 11.3. The van der Waals surface area contributed by atoms with Gasteiger partial charge in [-0.05, 0) is 11.6 Å². The van der Waals surface area contributed by atoms with Crippen LogP contribution in [0.2, 0.25) is 0 Å². The second-order valence-electron chi connectivity index (χ2n) is 3.88. The van der Waals surface area contributed by atoms with Gasteiger partial charge in [0.2, 0.25) is 0 Å². The molecule has 0 aromatic heterocycles. The number of nitriles is 2. The molecule has 1 saturated heterocycles. The van der Waals surface area contributed by atoms with Crippen LogP contribution in [0.5, 0.6) is 0 Å². The molecule has 0 saturated carbocycles. The molecule has 0 spiro atoms.